The number of hydrogen-bond acceptors (Lipinski definition) is 2. The zero-order chi connectivity index (χ0) is 29.1. The quantitative estimate of drug-likeness (QED) is 0.124. The minimum Gasteiger partial charge on any atom is -0.423 e. The van der Waals surface area contributed by atoms with Crippen molar-refractivity contribution in [2.24, 2.45) is 11.8 Å². The number of rotatable bonds is 12. The summed E-state index contributed by atoms with van der Waals surface area (Å²) in [5.41, 5.74) is 5.78. The molecular formula is C40H52O2. The van der Waals surface area contributed by atoms with Crippen molar-refractivity contribution in [1.82, 2.24) is 0 Å². The van der Waals surface area contributed by atoms with Crippen molar-refractivity contribution in [3.05, 3.63) is 89.5 Å². The molecule has 3 aromatic carbocycles. The van der Waals surface area contributed by atoms with Crippen molar-refractivity contribution in [3.63, 3.8) is 0 Å². The number of carbonyl (C=O) groups is 1. The summed E-state index contributed by atoms with van der Waals surface area (Å²) in [6.45, 7) is 4.58. The van der Waals surface area contributed by atoms with E-state index >= 15 is 0 Å². The molecule has 2 aliphatic rings. The fourth-order valence-corrected chi connectivity index (χ4v) is 7.47. The third kappa shape index (κ3) is 8.36. The zero-order valence-corrected chi connectivity index (χ0v) is 26.2. The third-order valence-corrected chi connectivity index (χ3v) is 10.3. The Balaban J connectivity index is 1.09. The molecule has 2 nitrogen and oxygen atoms in total. The van der Waals surface area contributed by atoms with Gasteiger partial charge in [0.15, 0.2) is 0 Å². The van der Waals surface area contributed by atoms with Crippen LogP contribution in [0.4, 0.5) is 0 Å². The molecule has 2 aliphatic carbocycles. The molecule has 3 aromatic rings. The molecule has 0 radical (unpaired) electrons. The molecule has 0 heterocycles. The smallest absolute Gasteiger partial charge is 0.343 e. The lowest BCUT2D eigenvalue weighted by atomic mass is 9.77. The molecule has 2 heteroatoms. The lowest BCUT2D eigenvalue weighted by molar-refractivity contribution is 0.0734. The van der Waals surface area contributed by atoms with Crippen molar-refractivity contribution >= 4 is 5.97 Å². The monoisotopic (exact) mass is 564 g/mol. The maximum Gasteiger partial charge on any atom is 0.343 e. The summed E-state index contributed by atoms with van der Waals surface area (Å²) in [6, 6.07) is 25.2. The molecule has 0 spiro atoms. The highest BCUT2D eigenvalue weighted by atomic mass is 16.5. The molecule has 2 saturated carbocycles. The van der Waals surface area contributed by atoms with Crippen LogP contribution in [-0.2, 0) is 0 Å². The molecule has 0 saturated heterocycles. The summed E-state index contributed by atoms with van der Waals surface area (Å²) in [4.78, 5) is 12.9. The van der Waals surface area contributed by atoms with E-state index in [9.17, 15) is 4.79 Å². The van der Waals surface area contributed by atoms with E-state index in [1.807, 2.05) is 36.4 Å². The van der Waals surface area contributed by atoms with Crippen molar-refractivity contribution in [1.29, 1.82) is 0 Å². The van der Waals surface area contributed by atoms with Gasteiger partial charge in [0.2, 0.25) is 0 Å². The van der Waals surface area contributed by atoms with Crippen LogP contribution in [-0.4, -0.2) is 5.97 Å². The Morgan fingerprint density at radius 1 is 0.571 bits per heavy atom. The minimum atomic E-state index is -0.300. The molecule has 0 amide bonds. The molecule has 42 heavy (non-hydrogen) atoms. The summed E-state index contributed by atoms with van der Waals surface area (Å²) in [7, 11) is 0. The molecule has 0 atom stereocenters. The normalized spacial score (nSPS) is 22.5. The van der Waals surface area contributed by atoms with E-state index in [-0.39, 0.29) is 5.97 Å². The first-order valence-electron chi connectivity index (χ1n) is 17.2. The van der Waals surface area contributed by atoms with Crippen LogP contribution in [0.25, 0.3) is 11.1 Å². The lowest BCUT2D eigenvalue weighted by Crippen LogP contribution is -2.13. The van der Waals surface area contributed by atoms with Gasteiger partial charge in [-0.2, -0.15) is 0 Å². The predicted molar refractivity (Wildman–Crippen MR) is 176 cm³/mol. The third-order valence-electron chi connectivity index (χ3n) is 10.3. The molecule has 0 bridgehead atoms. The second-order valence-corrected chi connectivity index (χ2v) is 13.2. The van der Waals surface area contributed by atoms with Gasteiger partial charge in [-0.3, -0.25) is 0 Å². The first kappa shape index (κ1) is 30.6. The van der Waals surface area contributed by atoms with Crippen molar-refractivity contribution < 1.29 is 9.53 Å². The van der Waals surface area contributed by atoms with E-state index in [0.29, 0.717) is 23.1 Å². The van der Waals surface area contributed by atoms with Gasteiger partial charge in [0.1, 0.15) is 5.75 Å². The maximum absolute atomic E-state index is 12.9. The van der Waals surface area contributed by atoms with E-state index < -0.39 is 0 Å². The van der Waals surface area contributed by atoms with Gasteiger partial charge in [-0.1, -0.05) is 107 Å². The lowest BCUT2D eigenvalue weighted by Gasteiger charge is -2.29. The summed E-state index contributed by atoms with van der Waals surface area (Å²) >= 11 is 0. The van der Waals surface area contributed by atoms with Crippen LogP contribution in [0.1, 0.15) is 143 Å². The standard InChI is InChI=1S/C40H52O2/c1-3-5-7-9-31-12-16-32(17-13-31)34-18-20-35(21-19-34)36-22-24-38(25-23-36)40(41)42-39-28-26-37(27-29-39)33-14-10-30(11-15-33)8-6-4-2/h18-33H,3-17H2,1-2H3/t30-,31-,32-,33-. The summed E-state index contributed by atoms with van der Waals surface area (Å²) in [5, 5.41) is 0. The summed E-state index contributed by atoms with van der Waals surface area (Å²) in [6.07, 6.45) is 20.3. The Hall–Kier alpha value is -2.87. The number of hydrogen-bond donors (Lipinski definition) is 0. The van der Waals surface area contributed by atoms with Crippen LogP contribution in [0.2, 0.25) is 0 Å². The number of esters is 1. The van der Waals surface area contributed by atoms with Crippen molar-refractivity contribution in [3.8, 4) is 16.9 Å². The van der Waals surface area contributed by atoms with Gasteiger partial charge in [-0.15, -0.1) is 0 Å². The van der Waals surface area contributed by atoms with Gasteiger partial charge in [0.05, 0.1) is 5.56 Å². The Morgan fingerprint density at radius 2 is 1.02 bits per heavy atom. The van der Waals surface area contributed by atoms with Crippen LogP contribution in [0.5, 0.6) is 5.75 Å². The van der Waals surface area contributed by atoms with Gasteiger partial charge in [0, 0.05) is 0 Å². The van der Waals surface area contributed by atoms with Crippen molar-refractivity contribution in [2.45, 2.75) is 122 Å². The Labute approximate surface area is 255 Å². The fourth-order valence-electron chi connectivity index (χ4n) is 7.47. The number of ether oxygens (including phenoxy) is 1. The Morgan fingerprint density at radius 3 is 1.52 bits per heavy atom. The SMILES string of the molecule is CCCCC[C@H]1CC[C@H](c2ccc(-c3ccc(C(=O)Oc4ccc([C@H]5CC[C@H](CCCC)CC5)cc4)cc3)cc2)CC1. The number of carbonyl (C=O) groups excluding carboxylic acids is 1. The summed E-state index contributed by atoms with van der Waals surface area (Å²) in [5.74, 6) is 3.53. The molecule has 0 aromatic heterocycles. The van der Waals surface area contributed by atoms with E-state index in [1.54, 1.807) is 0 Å². The van der Waals surface area contributed by atoms with Crippen LogP contribution in [0.3, 0.4) is 0 Å². The van der Waals surface area contributed by atoms with Gasteiger partial charge in [0.25, 0.3) is 0 Å². The van der Waals surface area contributed by atoms with E-state index in [0.717, 1.165) is 17.4 Å². The van der Waals surface area contributed by atoms with E-state index in [2.05, 4.69) is 50.2 Å². The molecule has 5 rings (SSSR count). The molecule has 0 N–H and O–H groups in total. The highest BCUT2D eigenvalue weighted by Gasteiger charge is 2.23. The van der Waals surface area contributed by atoms with Gasteiger partial charge in [-0.05, 0) is 122 Å². The maximum atomic E-state index is 12.9. The van der Waals surface area contributed by atoms with Gasteiger partial charge >= 0.3 is 5.97 Å². The second kappa shape index (κ2) is 15.6. The fraction of sp³-hybridized carbons (Fsp3) is 0.525. The minimum absolute atomic E-state index is 0.300. The zero-order valence-electron chi connectivity index (χ0n) is 26.2. The molecule has 0 aliphatic heterocycles. The van der Waals surface area contributed by atoms with E-state index in [4.69, 9.17) is 4.74 Å². The molecular weight excluding hydrogens is 512 g/mol. The van der Waals surface area contributed by atoms with Gasteiger partial charge in [-0.25, -0.2) is 4.79 Å². The average molecular weight is 565 g/mol. The highest BCUT2D eigenvalue weighted by Crippen LogP contribution is 2.39. The predicted octanol–water partition coefficient (Wildman–Crippen LogP) is 11.9. The van der Waals surface area contributed by atoms with Crippen molar-refractivity contribution in [2.75, 3.05) is 0 Å². The van der Waals surface area contributed by atoms with Crippen LogP contribution >= 0.6 is 0 Å². The first-order valence-corrected chi connectivity index (χ1v) is 17.2. The van der Waals surface area contributed by atoms with Crippen LogP contribution < -0.4 is 4.74 Å². The molecule has 0 unspecified atom stereocenters. The number of benzene rings is 3. The average Bonchev–Trinajstić information content (AvgIpc) is 3.05. The van der Waals surface area contributed by atoms with E-state index in [1.165, 1.54) is 113 Å². The summed E-state index contributed by atoms with van der Waals surface area (Å²) < 4.78 is 5.73. The first-order chi connectivity index (χ1) is 20.6. The number of unbranched alkanes of at least 4 members (excludes halogenated alkanes) is 3. The van der Waals surface area contributed by atoms with Crippen LogP contribution in [0.15, 0.2) is 72.8 Å². The second-order valence-electron chi connectivity index (χ2n) is 13.2. The topological polar surface area (TPSA) is 26.3 Å². The Bertz CT molecular complexity index is 1210. The molecule has 2 fully saturated rings. The van der Waals surface area contributed by atoms with Crippen LogP contribution in [0, 0.1) is 11.8 Å². The molecule has 224 valence electrons. The van der Waals surface area contributed by atoms with Gasteiger partial charge < -0.3 is 4.74 Å². The highest BCUT2D eigenvalue weighted by molar-refractivity contribution is 5.91. The largest absolute Gasteiger partial charge is 0.423 e. The Kier molecular flexibility index (Phi) is 11.3.